The van der Waals surface area contributed by atoms with E-state index in [1.165, 1.54) is 36.5 Å². The van der Waals surface area contributed by atoms with Gasteiger partial charge < -0.3 is 10.2 Å². The van der Waals surface area contributed by atoms with E-state index in [9.17, 15) is 10.2 Å². The molecule has 0 radical (unpaired) electrons. The van der Waals surface area contributed by atoms with Crippen LogP contribution >= 0.6 is 0 Å². The Morgan fingerprint density at radius 1 is 0.909 bits per heavy atom. The molecular formula is C19H25NO2. The van der Waals surface area contributed by atoms with Crippen LogP contribution in [-0.4, -0.2) is 40.9 Å². The van der Waals surface area contributed by atoms with Crippen molar-refractivity contribution in [2.24, 2.45) is 0 Å². The van der Waals surface area contributed by atoms with Crippen LogP contribution in [0.15, 0.2) is 42.5 Å². The second-order valence-electron chi connectivity index (χ2n) is 6.25. The topological polar surface area (TPSA) is 43.7 Å². The Hall–Kier alpha value is -1.42. The molecule has 0 spiro atoms. The van der Waals surface area contributed by atoms with Gasteiger partial charge in [-0.3, -0.25) is 4.90 Å². The van der Waals surface area contributed by atoms with Crippen LogP contribution in [0.2, 0.25) is 0 Å². The van der Waals surface area contributed by atoms with Crippen molar-refractivity contribution in [1.29, 1.82) is 0 Å². The molecule has 1 aliphatic heterocycles. The summed E-state index contributed by atoms with van der Waals surface area (Å²) in [5, 5.41) is 22.3. The van der Waals surface area contributed by atoms with E-state index >= 15 is 0 Å². The lowest BCUT2D eigenvalue weighted by atomic mass is 9.96. The third kappa shape index (κ3) is 3.32. The molecule has 0 bridgehead atoms. The third-order valence-corrected chi connectivity index (χ3v) is 4.70. The molecule has 0 saturated carbocycles. The minimum Gasteiger partial charge on any atom is -0.394 e. The van der Waals surface area contributed by atoms with Gasteiger partial charge in [0.05, 0.1) is 18.8 Å². The van der Waals surface area contributed by atoms with Crippen LogP contribution in [0.1, 0.15) is 37.3 Å². The van der Waals surface area contributed by atoms with Gasteiger partial charge in [0.15, 0.2) is 0 Å². The first-order valence-electron chi connectivity index (χ1n) is 8.31. The average molecular weight is 299 g/mol. The number of hydrogen-bond donors (Lipinski definition) is 2. The fourth-order valence-electron chi connectivity index (χ4n) is 3.54. The number of fused-ring (bicyclic) bond motifs is 1. The lowest BCUT2D eigenvalue weighted by Gasteiger charge is -2.34. The van der Waals surface area contributed by atoms with Crippen molar-refractivity contribution in [1.82, 2.24) is 4.90 Å². The predicted molar refractivity (Wildman–Crippen MR) is 89.8 cm³/mol. The van der Waals surface area contributed by atoms with Crippen LogP contribution in [0.3, 0.4) is 0 Å². The van der Waals surface area contributed by atoms with Crippen molar-refractivity contribution in [3.05, 3.63) is 48.0 Å². The Bertz CT molecular complexity index is 605. The Morgan fingerprint density at radius 3 is 2.27 bits per heavy atom. The van der Waals surface area contributed by atoms with Gasteiger partial charge in [-0.1, -0.05) is 49.2 Å². The van der Waals surface area contributed by atoms with Crippen LogP contribution in [0.5, 0.6) is 0 Å². The van der Waals surface area contributed by atoms with Crippen LogP contribution in [-0.2, 0) is 0 Å². The summed E-state index contributed by atoms with van der Waals surface area (Å²) in [6, 6.07) is 14.5. The molecule has 0 amide bonds. The summed E-state index contributed by atoms with van der Waals surface area (Å²) in [6.45, 7) is 1.79. The largest absolute Gasteiger partial charge is 0.394 e. The SMILES string of the molecule is OCC(O)C(c1ccc2ccccc2c1)N1CCCCCC1. The van der Waals surface area contributed by atoms with Crippen molar-refractivity contribution < 1.29 is 10.2 Å². The molecule has 1 fully saturated rings. The van der Waals surface area contributed by atoms with Crippen molar-refractivity contribution >= 4 is 10.8 Å². The molecule has 0 aliphatic carbocycles. The lowest BCUT2D eigenvalue weighted by Crippen LogP contribution is -2.39. The first-order valence-corrected chi connectivity index (χ1v) is 8.31. The Balaban J connectivity index is 1.95. The summed E-state index contributed by atoms with van der Waals surface area (Å²) in [6.07, 6.45) is 4.12. The molecule has 2 aromatic carbocycles. The Kier molecular flexibility index (Phi) is 5.08. The summed E-state index contributed by atoms with van der Waals surface area (Å²) in [4.78, 5) is 2.35. The number of aliphatic hydroxyl groups is 2. The highest BCUT2D eigenvalue weighted by Crippen LogP contribution is 2.29. The highest BCUT2D eigenvalue weighted by molar-refractivity contribution is 5.83. The van der Waals surface area contributed by atoms with Crippen LogP contribution in [0.4, 0.5) is 0 Å². The zero-order valence-corrected chi connectivity index (χ0v) is 13.0. The van der Waals surface area contributed by atoms with Gasteiger partial charge in [0.1, 0.15) is 0 Å². The number of likely N-dealkylation sites (tertiary alicyclic amines) is 1. The van der Waals surface area contributed by atoms with E-state index in [0.717, 1.165) is 18.7 Å². The van der Waals surface area contributed by atoms with Gasteiger partial charge in [-0.25, -0.2) is 0 Å². The molecule has 2 unspecified atom stereocenters. The monoisotopic (exact) mass is 299 g/mol. The van der Waals surface area contributed by atoms with Gasteiger partial charge >= 0.3 is 0 Å². The smallest absolute Gasteiger partial charge is 0.0967 e. The molecular weight excluding hydrogens is 274 g/mol. The number of rotatable bonds is 4. The minimum absolute atomic E-state index is 0.118. The van der Waals surface area contributed by atoms with Crippen LogP contribution in [0.25, 0.3) is 10.8 Å². The van der Waals surface area contributed by atoms with Crippen LogP contribution in [0, 0.1) is 0 Å². The zero-order chi connectivity index (χ0) is 15.4. The van der Waals surface area contributed by atoms with Gasteiger partial charge in [0, 0.05) is 0 Å². The molecule has 1 heterocycles. The molecule has 1 saturated heterocycles. The maximum absolute atomic E-state index is 10.4. The summed E-state index contributed by atoms with van der Waals surface area (Å²) in [5.41, 5.74) is 1.10. The summed E-state index contributed by atoms with van der Waals surface area (Å²) >= 11 is 0. The van der Waals surface area contributed by atoms with E-state index in [4.69, 9.17) is 0 Å². The van der Waals surface area contributed by atoms with Gasteiger partial charge in [0.2, 0.25) is 0 Å². The number of benzene rings is 2. The van der Waals surface area contributed by atoms with E-state index in [-0.39, 0.29) is 12.6 Å². The highest BCUT2D eigenvalue weighted by Gasteiger charge is 2.27. The molecule has 0 aromatic heterocycles. The van der Waals surface area contributed by atoms with Gasteiger partial charge in [-0.05, 0) is 48.3 Å². The Morgan fingerprint density at radius 2 is 1.59 bits per heavy atom. The first-order chi connectivity index (χ1) is 10.8. The molecule has 2 aromatic rings. The number of aliphatic hydroxyl groups excluding tert-OH is 2. The zero-order valence-electron chi connectivity index (χ0n) is 13.0. The molecule has 3 nitrogen and oxygen atoms in total. The van der Waals surface area contributed by atoms with Gasteiger partial charge in [0.25, 0.3) is 0 Å². The first kappa shape index (κ1) is 15.5. The molecule has 3 rings (SSSR count). The van der Waals surface area contributed by atoms with Crippen molar-refractivity contribution in [3.63, 3.8) is 0 Å². The normalized spacial score (nSPS) is 19.7. The van der Waals surface area contributed by atoms with E-state index < -0.39 is 6.10 Å². The second kappa shape index (κ2) is 7.23. The maximum atomic E-state index is 10.4. The van der Waals surface area contributed by atoms with E-state index in [2.05, 4.69) is 35.2 Å². The van der Waals surface area contributed by atoms with Gasteiger partial charge in [-0.2, -0.15) is 0 Å². The van der Waals surface area contributed by atoms with E-state index in [1.807, 2.05) is 12.1 Å². The molecule has 2 N–H and O–H groups in total. The fraction of sp³-hybridized carbons (Fsp3) is 0.474. The lowest BCUT2D eigenvalue weighted by molar-refractivity contribution is 0.0106. The molecule has 1 aliphatic rings. The van der Waals surface area contributed by atoms with Crippen LogP contribution < -0.4 is 0 Å². The van der Waals surface area contributed by atoms with E-state index in [1.54, 1.807) is 0 Å². The molecule has 118 valence electrons. The number of nitrogens with zero attached hydrogens (tertiary/aromatic N) is 1. The summed E-state index contributed by atoms with van der Waals surface area (Å²) < 4.78 is 0. The minimum atomic E-state index is -0.737. The summed E-state index contributed by atoms with van der Waals surface area (Å²) in [5.74, 6) is 0. The van der Waals surface area contributed by atoms with E-state index in [0.29, 0.717) is 0 Å². The van der Waals surface area contributed by atoms with Crippen molar-refractivity contribution in [2.45, 2.75) is 37.8 Å². The standard InChI is InChI=1S/C19H25NO2/c21-14-18(22)19(20-11-5-1-2-6-12-20)17-10-9-15-7-3-4-8-16(15)13-17/h3-4,7-10,13,18-19,21-22H,1-2,5-6,11-12,14H2. The average Bonchev–Trinajstić information content (AvgIpc) is 2.84. The van der Waals surface area contributed by atoms with Crippen molar-refractivity contribution in [3.8, 4) is 0 Å². The highest BCUT2D eigenvalue weighted by atomic mass is 16.3. The summed E-state index contributed by atoms with van der Waals surface area (Å²) in [7, 11) is 0. The van der Waals surface area contributed by atoms with Gasteiger partial charge in [-0.15, -0.1) is 0 Å². The molecule has 22 heavy (non-hydrogen) atoms. The second-order valence-corrected chi connectivity index (χ2v) is 6.25. The fourth-order valence-corrected chi connectivity index (χ4v) is 3.54. The van der Waals surface area contributed by atoms with Crippen molar-refractivity contribution in [2.75, 3.05) is 19.7 Å². The Labute approximate surface area is 132 Å². The quantitative estimate of drug-likeness (QED) is 0.911. The number of hydrogen-bond acceptors (Lipinski definition) is 3. The molecule has 2 atom stereocenters. The maximum Gasteiger partial charge on any atom is 0.0967 e. The molecule has 3 heteroatoms. The third-order valence-electron chi connectivity index (χ3n) is 4.70. The predicted octanol–water partition coefficient (Wildman–Crippen LogP) is 3.11.